The molecule has 124 valence electrons. The number of urea groups is 1. The number of carbonyl (C=O) groups is 2. The fraction of sp³-hybridized carbons (Fsp3) is 0.375. The van der Waals surface area contributed by atoms with Gasteiger partial charge >= 0.3 is 6.03 Å². The van der Waals surface area contributed by atoms with Crippen LogP contribution in [-0.4, -0.2) is 18.0 Å². The van der Waals surface area contributed by atoms with Crippen molar-refractivity contribution in [3.8, 4) is 0 Å². The van der Waals surface area contributed by atoms with Gasteiger partial charge in [-0.15, -0.1) is 11.3 Å². The largest absolute Gasteiger partial charge is 0.467 e. The number of furan rings is 1. The van der Waals surface area contributed by atoms with Crippen LogP contribution >= 0.6 is 11.3 Å². The van der Waals surface area contributed by atoms with Crippen molar-refractivity contribution < 1.29 is 14.0 Å². The Morgan fingerprint density at radius 3 is 2.61 bits per heavy atom. The minimum atomic E-state index is -0.625. The van der Waals surface area contributed by atoms with Crippen LogP contribution in [-0.2, 0) is 24.3 Å². The lowest BCUT2D eigenvalue weighted by Crippen LogP contribution is -2.48. The number of thiophene rings is 1. The van der Waals surface area contributed by atoms with Crippen molar-refractivity contribution in [1.82, 2.24) is 16.0 Å². The SMILES string of the molecule is CCc1ccc(CNC(=O)NC(C)C(=O)NCc2ccco2)s1. The number of nitrogens with one attached hydrogen (secondary N) is 3. The van der Waals surface area contributed by atoms with Crippen molar-refractivity contribution in [3.63, 3.8) is 0 Å². The third-order valence-electron chi connectivity index (χ3n) is 3.25. The van der Waals surface area contributed by atoms with Crippen LogP contribution in [0.15, 0.2) is 34.9 Å². The second-order valence-corrected chi connectivity index (χ2v) is 6.32. The quantitative estimate of drug-likeness (QED) is 0.726. The third-order valence-corrected chi connectivity index (χ3v) is 4.48. The highest BCUT2D eigenvalue weighted by molar-refractivity contribution is 7.11. The first-order chi connectivity index (χ1) is 11.1. The Hall–Kier alpha value is -2.28. The summed E-state index contributed by atoms with van der Waals surface area (Å²) in [4.78, 5) is 26.1. The smallest absolute Gasteiger partial charge is 0.315 e. The van der Waals surface area contributed by atoms with E-state index < -0.39 is 6.04 Å². The van der Waals surface area contributed by atoms with E-state index in [1.807, 2.05) is 6.07 Å². The van der Waals surface area contributed by atoms with Gasteiger partial charge in [-0.05, 0) is 37.6 Å². The Morgan fingerprint density at radius 1 is 1.17 bits per heavy atom. The molecule has 3 amide bonds. The number of aryl methyl sites for hydroxylation is 1. The second-order valence-electron chi connectivity index (χ2n) is 5.07. The molecule has 0 spiro atoms. The molecule has 7 heteroatoms. The highest BCUT2D eigenvalue weighted by atomic mass is 32.1. The van der Waals surface area contributed by atoms with E-state index in [2.05, 4.69) is 28.9 Å². The summed E-state index contributed by atoms with van der Waals surface area (Å²) >= 11 is 1.67. The van der Waals surface area contributed by atoms with Gasteiger partial charge in [-0.1, -0.05) is 6.92 Å². The van der Waals surface area contributed by atoms with Crippen LogP contribution in [0, 0.1) is 0 Å². The summed E-state index contributed by atoms with van der Waals surface area (Å²) in [6.45, 7) is 4.49. The first-order valence-corrected chi connectivity index (χ1v) is 8.32. The van der Waals surface area contributed by atoms with E-state index in [1.54, 1.807) is 36.7 Å². The third kappa shape index (κ3) is 5.45. The molecule has 1 atom stereocenters. The monoisotopic (exact) mass is 335 g/mol. The summed E-state index contributed by atoms with van der Waals surface area (Å²) in [5.41, 5.74) is 0. The standard InChI is InChI=1S/C16H21N3O3S/c1-3-13-6-7-14(23-13)10-18-16(21)19-11(2)15(20)17-9-12-5-4-8-22-12/h4-8,11H,3,9-10H2,1-2H3,(H,17,20)(H2,18,19,21). The lowest BCUT2D eigenvalue weighted by atomic mass is 10.3. The second kappa shape index (κ2) is 8.38. The van der Waals surface area contributed by atoms with Crippen molar-refractivity contribution >= 4 is 23.3 Å². The van der Waals surface area contributed by atoms with Gasteiger partial charge < -0.3 is 20.4 Å². The Balaban J connectivity index is 1.69. The number of carbonyl (C=O) groups excluding carboxylic acids is 2. The van der Waals surface area contributed by atoms with Gasteiger partial charge in [0.15, 0.2) is 0 Å². The van der Waals surface area contributed by atoms with Gasteiger partial charge in [-0.3, -0.25) is 4.79 Å². The molecule has 3 N–H and O–H groups in total. The molecule has 0 bridgehead atoms. The van der Waals surface area contributed by atoms with Crippen molar-refractivity contribution in [1.29, 1.82) is 0 Å². The van der Waals surface area contributed by atoms with Crippen LogP contribution in [0.2, 0.25) is 0 Å². The molecule has 0 aliphatic rings. The lowest BCUT2D eigenvalue weighted by Gasteiger charge is -2.14. The van der Waals surface area contributed by atoms with Crippen LogP contribution < -0.4 is 16.0 Å². The fourth-order valence-electron chi connectivity index (χ4n) is 1.93. The van der Waals surface area contributed by atoms with Crippen molar-refractivity contribution in [2.45, 2.75) is 39.4 Å². The summed E-state index contributed by atoms with van der Waals surface area (Å²) in [5, 5.41) is 8.07. The Kier molecular flexibility index (Phi) is 6.22. The van der Waals surface area contributed by atoms with Crippen LogP contribution in [0.3, 0.4) is 0 Å². The molecule has 2 heterocycles. The maximum Gasteiger partial charge on any atom is 0.315 e. The topological polar surface area (TPSA) is 83.4 Å². The highest BCUT2D eigenvalue weighted by Crippen LogP contribution is 2.16. The van der Waals surface area contributed by atoms with Gasteiger partial charge in [0.25, 0.3) is 0 Å². The van der Waals surface area contributed by atoms with E-state index in [1.165, 1.54) is 4.88 Å². The minimum Gasteiger partial charge on any atom is -0.467 e. The van der Waals surface area contributed by atoms with Crippen molar-refractivity contribution in [3.05, 3.63) is 46.0 Å². The molecule has 2 aromatic heterocycles. The predicted molar refractivity (Wildman–Crippen MR) is 89.1 cm³/mol. The summed E-state index contributed by atoms with van der Waals surface area (Å²) in [5.74, 6) is 0.403. The molecular formula is C16H21N3O3S. The van der Waals surface area contributed by atoms with E-state index in [0.29, 0.717) is 18.8 Å². The molecular weight excluding hydrogens is 314 g/mol. The Morgan fingerprint density at radius 2 is 1.96 bits per heavy atom. The van der Waals surface area contributed by atoms with E-state index >= 15 is 0 Å². The molecule has 6 nitrogen and oxygen atoms in total. The molecule has 0 radical (unpaired) electrons. The zero-order chi connectivity index (χ0) is 16.7. The first-order valence-electron chi connectivity index (χ1n) is 7.50. The zero-order valence-electron chi connectivity index (χ0n) is 13.2. The summed E-state index contributed by atoms with van der Waals surface area (Å²) in [7, 11) is 0. The number of hydrogen-bond acceptors (Lipinski definition) is 4. The van der Waals surface area contributed by atoms with E-state index in [9.17, 15) is 9.59 Å². The van der Waals surface area contributed by atoms with Gasteiger partial charge in [-0.2, -0.15) is 0 Å². The molecule has 2 aromatic rings. The van der Waals surface area contributed by atoms with Gasteiger partial charge in [0.1, 0.15) is 11.8 Å². The molecule has 0 saturated heterocycles. The molecule has 0 fully saturated rings. The van der Waals surface area contributed by atoms with E-state index in [-0.39, 0.29) is 11.9 Å². The summed E-state index contributed by atoms with van der Waals surface area (Å²) in [6, 6.07) is 6.60. The average Bonchev–Trinajstić information content (AvgIpc) is 3.21. The number of amides is 3. The van der Waals surface area contributed by atoms with E-state index in [0.717, 1.165) is 11.3 Å². The Bertz CT molecular complexity index is 637. The molecule has 0 saturated carbocycles. The Labute approximate surface area is 139 Å². The summed E-state index contributed by atoms with van der Waals surface area (Å²) in [6.07, 6.45) is 2.54. The molecule has 0 aromatic carbocycles. The molecule has 0 aliphatic heterocycles. The zero-order valence-corrected chi connectivity index (χ0v) is 14.0. The van der Waals surface area contributed by atoms with Gasteiger partial charge in [-0.25, -0.2) is 4.79 Å². The molecule has 23 heavy (non-hydrogen) atoms. The summed E-state index contributed by atoms with van der Waals surface area (Å²) < 4.78 is 5.13. The van der Waals surface area contributed by atoms with Crippen molar-refractivity contribution in [2.24, 2.45) is 0 Å². The van der Waals surface area contributed by atoms with Gasteiger partial charge in [0, 0.05) is 9.75 Å². The maximum atomic E-state index is 11.9. The maximum absolute atomic E-state index is 11.9. The minimum absolute atomic E-state index is 0.263. The lowest BCUT2D eigenvalue weighted by molar-refractivity contribution is -0.122. The van der Waals surface area contributed by atoms with E-state index in [4.69, 9.17) is 4.42 Å². The molecule has 0 aliphatic carbocycles. The van der Waals surface area contributed by atoms with Crippen LogP contribution in [0.25, 0.3) is 0 Å². The number of hydrogen-bond donors (Lipinski definition) is 3. The first kappa shape index (κ1) is 17.1. The number of rotatable bonds is 7. The predicted octanol–water partition coefficient (Wildman–Crippen LogP) is 2.41. The van der Waals surface area contributed by atoms with Crippen LogP contribution in [0.5, 0.6) is 0 Å². The van der Waals surface area contributed by atoms with Crippen molar-refractivity contribution in [2.75, 3.05) is 0 Å². The molecule has 1 unspecified atom stereocenters. The van der Waals surface area contributed by atoms with Crippen LogP contribution in [0.4, 0.5) is 4.79 Å². The van der Waals surface area contributed by atoms with Gasteiger partial charge in [0.05, 0.1) is 19.4 Å². The fourth-order valence-corrected chi connectivity index (χ4v) is 2.83. The van der Waals surface area contributed by atoms with Crippen LogP contribution in [0.1, 0.15) is 29.4 Å². The average molecular weight is 335 g/mol. The highest BCUT2D eigenvalue weighted by Gasteiger charge is 2.15. The normalized spacial score (nSPS) is 11.7. The molecule has 2 rings (SSSR count). The van der Waals surface area contributed by atoms with Gasteiger partial charge in [0.2, 0.25) is 5.91 Å².